The third-order valence-electron chi connectivity index (χ3n) is 5.55. The van der Waals surface area contributed by atoms with Crippen LogP contribution in [0.1, 0.15) is 71.1 Å². The number of nitriles is 1. The van der Waals surface area contributed by atoms with Gasteiger partial charge in [0.1, 0.15) is 11.5 Å². The van der Waals surface area contributed by atoms with E-state index in [9.17, 15) is 10.1 Å². The highest BCUT2D eigenvalue weighted by atomic mass is 16.5. The summed E-state index contributed by atoms with van der Waals surface area (Å²) in [6.07, 6.45) is 10.2. The fraction of sp³-hybridized carbons (Fsp3) is 0.636. The first-order valence-corrected chi connectivity index (χ1v) is 9.89. The van der Waals surface area contributed by atoms with Gasteiger partial charge in [0.2, 0.25) is 0 Å². The molecule has 1 fully saturated rings. The summed E-state index contributed by atoms with van der Waals surface area (Å²) in [5.74, 6) is 1.01. The number of carbonyl (C=O) groups is 1. The van der Waals surface area contributed by atoms with Gasteiger partial charge in [-0.2, -0.15) is 5.26 Å². The Labute approximate surface area is 157 Å². The maximum absolute atomic E-state index is 12.4. The van der Waals surface area contributed by atoms with Crippen LogP contribution >= 0.6 is 0 Å². The Morgan fingerprint density at radius 3 is 2.31 bits per heavy atom. The molecule has 142 valence electrons. The molecule has 0 unspecified atom stereocenters. The van der Waals surface area contributed by atoms with Crippen LogP contribution in [0.3, 0.4) is 0 Å². The lowest BCUT2D eigenvalue weighted by Crippen LogP contribution is -2.31. The molecule has 0 bridgehead atoms. The van der Waals surface area contributed by atoms with Crippen LogP contribution in [0.4, 0.5) is 0 Å². The van der Waals surface area contributed by atoms with Crippen LogP contribution in [0, 0.1) is 22.7 Å². The molecule has 1 aliphatic rings. The number of hydrogen-bond donors (Lipinski definition) is 0. The van der Waals surface area contributed by atoms with Crippen LogP contribution in [0.25, 0.3) is 0 Å². The summed E-state index contributed by atoms with van der Waals surface area (Å²) >= 11 is 0. The average Bonchev–Trinajstić information content (AvgIpc) is 2.69. The van der Waals surface area contributed by atoms with E-state index >= 15 is 0 Å². The number of carbonyl (C=O) groups excluding carboxylic acids is 1. The Morgan fingerprint density at radius 1 is 1.12 bits per heavy atom. The Hall–Kier alpha value is -2.02. The highest BCUT2D eigenvalue weighted by Crippen LogP contribution is 2.42. The van der Waals surface area contributed by atoms with Crippen molar-refractivity contribution in [3.05, 3.63) is 24.3 Å². The van der Waals surface area contributed by atoms with Crippen LogP contribution < -0.4 is 9.47 Å². The van der Waals surface area contributed by atoms with E-state index in [-0.39, 0.29) is 17.3 Å². The van der Waals surface area contributed by atoms with Gasteiger partial charge in [-0.05, 0) is 56.4 Å². The van der Waals surface area contributed by atoms with Gasteiger partial charge in [-0.25, -0.2) is 0 Å². The highest BCUT2D eigenvalue weighted by Gasteiger charge is 2.37. The van der Waals surface area contributed by atoms with E-state index in [1.54, 1.807) is 31.4 Å². The molecule has 0 atom stereocenters. The second-order valence-electron chi connectivity index (χ2n) is 7.43. The third-order valence-corrected chi connectivity index (χ3v) is 5.55. The zero-order valence-electron chi connectivity index (χ0n) is 16.1. The maximum Gasteiger partial charge on any atom is 0.314 e. The largest absolute Gasteiger partial charge is 0.497 e. The molecule has 0 saturated heterocycles. The molecule has 0 heterocycles. The molecule has 1 aliphatic carbocycles. The Bertz CT molecular complexity index is 595. The molecule has 26 heavy (non-hydrogen) atoms. The van der Waals surface area contributed by atoms with Gasteiger partial charge in [0, 0.05) is 0 Å². The van der Waals surface area contributed by atoms with E-state index < -0.39 is 0 Å². The molecule has 4 nitrogen and oxygen atoms in total. The summed E-state index contributed by atoms with van der Waals surface area (Å²) in [4.78, 5) is 12.4. The van der Waals surface area contributed by atoms with Gasteiger partial charge in [0.25, 0.3) is 0 Å². The van der Waals surface area contributed by atoms with Crippen LogP contribution in [-0.4, -0.2) is 13.1 Å². The number of hydrogen-bond acceptors (Lipinski definition) is 4. The molecule has 1 aromatic rings. The molecule has 0 N–H and O–H groups in total. The predicted octanol–water partition coefficient (Wildman–Crippen LogP) is 5.66. The normalized spacial score (nSPS) is 22.4. The standard InChI is InChI=1S/C22H31NO3/c1-3-4-5-6-7-14-22(17-23)15-12-18(13-16-22)21(24)26-20-10-8-19(25-2)9-11-20/h8-11,18H,3-7,12-16H2,1-2H3/t18-,22-. The molecule has 0 aromatic heterocycles. The van der Waals surface area contributed by atoms with Crippen molar-refractivity contribution >= 4 is 5.97 Å². The highest BCUT2D eigenvalue weighted by molar-refractivity contribution is 5.75. The number of methoxy groups -OCH3 is 1. The molecule has 0 spiro atoms. The van der Waals surface area contributed by atoms with Gasteiger partial charge in [-0.15, -0.1) is 0 Å². The van der Waals surface area contributed by atoms with E-state index in [2.05, 4.69) is 13.0 Å². The minimum atomic E-state index is -0.233. The molecule has 4 heteroatoms. The minimum Gasteiger partial charge on any atom is -0.497 e. The van der Waals surface area contributed by atoms with Gasteiger partial charge in [0.05, 0.1) is 24.5 Å². The van der Waals surface area contributed by atoms with Crippen molar-refractivity contribution in [1.29, 1.82) is 5.26 Å². The van der Waals surface area contributed by atoms with Gasteiger partial charge < -0.3 is 9.47 Å². The average molecular weight is 357 g/mol. The van der Waals surface area contributed by atoms with Crippen molar-refractivity contribution in [1.82, 2.24) is 0 Å². The van der Waals surface area contributed by atoms with E-state index in [1.165, 1.54) is 25.7 Å². The number of esters is 1. The van der Waals surface area contributed by atoms with Crippen molar-refractivity contribution in [3.8, 4) is 17.6 Å². The summed E-state index contributed by atoms with van der Waals surface area (Å²) in [5, 5.41) is 9.68. The van der Waals surface area contributed by atoms with Gasteiger partial charge in [-0.3, -0.25) is 4.79 Å². The smallest absolute Gasteiger partial charge is 0.314 e. The molecular formula is C22H31NO3. The first-order valence-electron chi connectivity index (χ1n) is 9.89. The lowest BCUT2D eigenvalue weighted by Gasteiger charge is -2.34. The number of benzene rings is 1. The van der Waals surface area contributed by atoms with E-state index in [0.717, 1.165) is 44.3 Å². The van der Waals surface area contributed by atoms with Crippen LogP contribution in [0.15, 0.2) is 24.3 Å². The summed E-state index contributed by atoms with van der Waals surface area (Å²) in [6.45, 7) is 2.21. The monoisotopic (exact) mass is 357 g/mol. The van der Waals surface area contributed by atoms with Crippen molar-refractivity contribution in [2.24, 2.45) is 11.3 Å². The van der Waals surface area contributed by atoms with Crippen LogP contribution in [-0.2, 0) is 4.79 Å². The number of nitrogens with zero attached hydrogens (tertiary/aromatic N) is 1. The minimum absolute atomic E-state index is 0.0985. The topological polar surface area (TPSA) is 59.3 Å². The number of unbranched alkanes of at least 4 members (excludes halogenated alkanes) is 4. The van der Waals surface area contributed by atoms with Crippen molar-refractivity contribution in [2.45, 2.75) is 71.1 Å². The maximum atomic E-state index is 12.4. The van der Waals surface area contributed by atoms with Gasteiger partial charge in [-0.1, -0.05) is 39.0 Å². The fourth-order valence-electron chi connectivity index (χ4n) is 3.73. The summed E-state index contributed by atoms with van der Waals surface area (Å²) in [6, 6.07) is 9.62. The van der Waals surface area contributed by atoms with Crippen molar-refractivity contribution in [3.63, 3.8) is 0 Å². The first kappa shape index (κ1) is 20.3. The third kappa shape index (κ3) is 5.76. The van der Waals surface area contributed by atoms with E-state index in [4.69, 9.17) is 9.47 Å². The summed E-state index contributed by atoms with van der Waals surface area (Å²) in [5.41, 5.74) is -0.233. The van der Waals surface area contributed by atoms with E-state index in [0.29, 0.717) is 5.75 Å². The summed E-state index contributed by atoms with van der Waals surface area (Å²) < 4.78 is 10.6. The Kier molecular flexibility index (Phi) is 7.97. The molecular weight excluding hydrogens is 326 g/mol. The second kappa shape index (κ2) is 10.2. The lowest BCUT2D eigenvalue weighted by molar-refractivity contribution is -0.140. The molecule has 1 saturated carbocycles. The van der Waals surface area contributed by atoms with Crippen LogP contribution in [0.5, 0.6) is 11.5 Å². The zero-order valence-corrected chi connectivity index (χ0v) is 16.1. The fourth-order valence-corrected chi connectivity index (χ4v) is 3.73. The SMILES string of the molecule is CCCCCCC[C@]1(C#N)CC[C@H](C(=O)Oc2ccc(OC)cc2)CC1. The molecule has 0 aliphatic heterocycles. The molecule has 0 radical (unpaired) electrons. The predicted molar refractivity (Wildman–Crippen MR) is 102 cm³/mol. The van der Waals surface area contributed by atoms with Crippen molar-refractivity contribution < 1.29 is 14.3 Å². The second-order valence-corrected chi connectivity index (χ2v) is 7.43. The van der Waals surface area contributed by atoms with Gasteiger partial charge >= 0.3 is 5.97 Å². The summed E-state index contributed by atoms with van der Waals surface area (Å²) in [7, 11) is 1.61. The van der Waals surface area contributed by atoms with E-state index in [1.807, 2.05) is 0 Å². The number of ether oxygens (including phenoxy) is 2. The van der Waals surface area contributed by atoms with Gasteiger partial charge in [0.15, 0.2) is 0 Å². The lowest BCUT2D eigenvalue weighted by atomic mass is 9.69. The Balaban J connectivity index is 1.79. The van der Waals surface area contributed by atoms with Crippen LogP contribution in [0.2, 0.25) is 0 Å². The quantitative estimate of drug-likeness (QED) is 0.325. The zero-order chi connectivity index (χ0) is 18.8. The Morgan fingerprint density at radius 2 is 1.73 bits per heavy atom. The van der Waals surface area contributed by atoms with Crippen molar-refractivity contribution in [2.75, 3.05) is 7.11 Å². The molecule has 2 rings (SSSR count). The first-order chi connectivity index (χ1) is 12.6. The number of rotatable bonds is 9. The molecule has 1 aromatic carbocycles. The molecule has 0 amide bonds.